The van der Waals surface area contributed by atoms with Crippen LogP contribution in [0.15, 0.2) is 62.6 Å². The maximum Gasteiger partial charge on any atom is 0.336 e. The average Bonchev–Trinajstić information content (AvgIpc) is 2.83. The molecule has 0 atom stereocenters. The van der Waals surface area contributed by atoms with E-state index in [9.17, 15) is 18.0 Å². The molecule has 0 bridgehead atoms. The van der Waals surface area contributed by atoms with Crippen molar-refractivity contribution in [3.05, 3.63) is 70.1 Å². The molecule has 1 saturated heterocycles. The molecule has 1 amide bonds. The third-order valence-electron chi connectivity index (χ3n) is 5.56. The van der Waals surface area contributed by atoms with Crippen LogP contribution in [0.2, 0.25) is 0 Å². The molecule has 10 heteroatoms. The van der Waals surface area contributed by atoms with E-state index >= 15 is 0 Å². The average molecular weight is 487 g/mol. The van der Waals surface area contributed by atoms with Crippen LogP contribution in [-0.4, -0.2) is 58.1 Å². The zero-order chi connectivity index (χ0) is 24.1. The molecule has 3 aromatic rings. The molecule has 0 radical (unpaired) electrons. The Bertz CT molecular complexity index is 1330. The normalized spacial score (nSPS) is 14.7. The number of hydrogen-bond donors (Lipinski definition) is 1. The minimum absolute atomic E-state index is 0.182. The van der Waals surface area contributed by atoms with Gasteiger partial charge in [-0.05, 0) is 48.7 Å². The van der Waals surface area contributed by atoms with Crippen molar-refractivity contribution in [2.24, 2.45) is 0 Å². The Kier molecular flexibility index (Phi) is 7.30. The lowest BCUT2D eigenvalue weighted by atomic mass is 10.1. The quantitative estimate of drug-likeness (QED) is 0.483. The van der Waals surface area contributed by atoms with E-state index in [0.29, 0.717) is 50.6 Å². The summed E-state index contributed by atoms with van der Waals surface area (Å²) in [6, 6.07) is 13.2. The van der Waals surface area contributed by atoms with Crippen LogP contribution in [0.25, 0.3) is 11.0 Å². The van der Waals surface area contributed by atoms with Gasteiger partial charge in [-0.3, -0.25) is 4.79 Å². The Morgan fingerprint density at radius 1 is 1.09 bits per heavy atom. The summed E-state index contributed by atoms with van der Waals surface area (Å²) in [5, 5.41) is 3.58. The van der Waals surface area contributed by atoms with Crippen LogP contribution < -0.4 is 15.7 Å². The predicted octanol–water partition coefficient (Wildman–Crippen LogP) is 1.86. The molecule has 0 saturated carbocycles. The highest BCUT2D eigenvalue weighted by atomic mass is 32.2. The second kappa shape index (κ2) is 10.4. The van der Waals surface area contributed by atoms with Crippen LogP contribution in [0.4, 0.5) is 0 Å². The van der Waals surface area contributed by atoms with Crippen molar-refractivity contribution < 1.29 is 27.1 Å². The van der Waals surface area contributed by atoms with Gasteiger partial charge in [0.2, 0.25) is 10.0 Å². The summed E-state index contributed by atoms with van der Waals surface area (Å²) in [6.07, 6.45) is 0.546. The van der Waals surface area contributed by atoms with Gasteiger partial charge in [0.1, 0.15) is 11.3 Å². The fourth-order valence-electron chi connectivity index (χ4n) is 3.71. The molecule has 180 valence electrons. The molecule has 1 fully saturated rings. The summed E-state index contributed by atoms with van der Waals surface area (Å²) < 4.78 is 42.7. The molecule has 0 unspecified atom stereocenters. The first-order chi connectivity index (χ1) is 16.3. The topological polar surface area (TPSA) is 115 Å². The number of amides is 1. The predicted molar refractivity (Wildman–Crippen MR) is 125 cm³/mol. The van der Waals surface area contributed by atoms with Crippen molar-refractivity contribution in [3.8, 4) is 5.75 Å². The highest BCUT2D eigenvalue weighted by Crippen LogP contribution is 2.22. The molecule has 34 heavy (non-hydrogen) atoms. The number of carbonyl (C=O) groups is 1. The molecule has 1 aliphatic heterocycles. The van der Waals surface area contributed by atoms with Gasteiger partial charge >= 0.3 is 5.63 Å². The van der Waals surface area contributed by atoms with E-state index in [2.05, 4.69) is 5.32 Å². The first kappa shape index (κ1) is 23.9. The standard InChI is InChI=1S/C24H26N2O7S/c1-17-14-24(28)33-22-15-19(4-7-21(17)22)32-16-23(27)25-9-8-18-2-5-20(6-3-18)34(29,30)26-10-12-31-13-11-26/h2-7,14-15H,8-13,16H2,1H3,(H,25,27). The number of aryl methyl sites for hydroxylation is 1. The monoisotopic (exact) mass is 486 g/mol. The van der Waals surface area contributed by atoms with Gasteiger partial charge in [0.05, 0.1) is 18.1 Å². The first-order valence-corrected chi connectivity index (χ1v) is 12.4. The van der Waals surface area contributed by atoms with Gasteiger partial charge in [-0.25, -0.2) is 13.2 Å². The number of ether oxygens (including phenoxy) is 2. The Labute approximate surface area is 197 Å². The molecular weight excluding hydrogens is 460 g/mol. The van der Waals surface area contributed by atoms with E-state index in [1.54, 1.807) is 42.5 Å². The van der Waals surface area contributed by atoms with E-state index in [1.807, 2.05) is 6.92 Å². The summed E-state index contributed by atoms with van der Waals surface area (Å²) in [5.41, 5.74) is 1.68. The molecule has 4 rings (SSSR count). The van der Waals surface area contributed by atoms with Crippen molar-refractivity contribution in [1.82, 2.24) is 9.62 Å². The number of nitrogens with one attached hydrogen (secondary N) is 1. The number of carbonyl (C=O) groups excluding carboxylic acids is 1. The number of hydrogen-bond acceptors (Lipinski definition) is 7. The smallest absolute Gasteiger partial charge is 0.336 e. The lowest BCUT2D eigenvalue weighted by molar-refractivity contribution is -0.123. The number of sulfonamides is 1. The molecule has 2 aromatic carbocycles. The Morgan fingerprint density at radius 3 is 2.56 bits per heavy atom. The molecule has 0 aliphatic carbocycles. The van der Waals surface area contributed by atoms with Crippen LogP contribution in [0, 0.1) is 6.92 Å². The minimum atomic E-state index is -3.52. The number of nitrogens with zero attached hydrogens (tertiary/aromatic N) is 1. The lowest BCUT2D eigenvalue weighted by Gasteiger charge is -2.26. The highest BCUT2D eigenvalue weighted by molar-refractivity contribution is 7.89. The molecule has 1 aromatic heterocycles. The van der Waals surface area contributed by atoms with Crippen molar-refractivity contribution >= 4 is 26.9 Å². The van der Waals surface area contributed by atoms with Crippen LogP contribution in [0.1, 0.15) is 11.1 Å². The second-order valence-electron chi connectivity index (χ2n) is 7.96. The highest BCUT2D eigenvalue weighted by Gasteiger charge is 2.26. The van der Waals surface area contributed by atoms with Crippen LogP contribution >= 0.6 is 0 Å². The lowest BCUT2D eigenvalue weighted by Crippen LogP contribution is -2.40. The van der Waals surface area contributed by atoms with Gasteiger partial charge < -0.3 is 19.2 Å². The van der Waals surface area contributed by atoms with E-state index in [4.69, 9.17) is 13.9 Å². The van der Waals surface area contributed by atoms with Crippen molar-refractivity contribution in [3.63, 3.8) is 0 Å². The van der Waals surface area contributed by atoms with Crippen molar-refractivity contribution in [2.45, 2.75) is 18.2 Å². The first-order valence-electron chi connectivity index (χ1n) is 10.9. The minimum Gasteiger partial charge on any atom is -0.484 e. The van der Waals surface area contributed by atoms with E-state index in [-0.39, 0.29) is 17.4 Å². The molecule has 1 N–H and O–H groups in total. The summed E-state index contributed by atoms with van der Waals surface area (Å²) in [4.78, 5) is 23.9. The van der Waals surface area contributed by atoms with Crippen molar-refractivity contribution in [1.29, 1.82) is 0 Å². The molecule has 2 heterocycles. The molecular formula is C24H26N2O7S. The number of morpholine rings is 1. The van der Waals surface area contributed by atoms with Gasteiger partial charge in [0.25, 0.3) is 5.91 Å². The summed E-state index contributed by atoms with van der Waals surface area (Å²) in [5.74, 6) is 0.130. The largest absolute Gasteiger partial charge is 0.484 e. The van der Waals surface area contributed by atoms with Crippen LogP contribution in [0.3, 0.4) is 0 Å². The molecule has 0 spiro atoms. The SMILES string of the molecule is Cc1cc(=O)oc2cc(OCC(=O)NCCc3ccc(S(=O)(=O)N4CCOCC4)cc3)ccc12. The Balaban J connectivity index is 1.25. The van der Waals surface area contributed by atoms with Gasteiger partial charge in [0, 0.05) is 37.2 Å². The van der Waals surface area contributed by atoms with Crippen LogP contribution in [0.5, 0.6) is 5.75 Å². The Morgan fingerprint density at radius 2 is 1.82 bits per heavy atom. The van der Waals surface area contributed by atoms with Crippen molar-refractivity contribution in [2.75, 3.05) is 39.5 Å². The fraction of sp³-hybridized carbons (Fsp3) is 0.333. The second-order valence-corrected chi connectivity index (χ2v) is 9.89. The number of rotatable bonds is 8. The maximum absolute atomic E-state index is 12.7. The maximum atomic E-state index is 12.7. The third kappa shape index (κ3) is 5.64. The summed E-state index contributed by atoms with van der Waals surface area (Å²) in [6.45, 7) is 3.53. The van der Waals surface area contributed by atoms with Gasteiger partial charge in [-0.15, -0.1) is 0 Å². The van der Waals surface area contributed by atoms with Crippen LogP contribution in [-0.2, 0) is 26.0 Å². The summed E-state index contributed by atoms with van der Waals surface area (Å²) in [7, 11) is -3.52. The van der Waals surface area contributed by atoms with E-state index in [0.717, 1.165) is 16.5 Å². The number of benzene rings is 2. The fourth-order valence-corrected chi connectivity index (χ4v) is 5.11. The molecule has 1 aliphatic rings. The zero-order valence-corrected chi connectivity index (χ0v) is 19.6. The van der Waals surface area contributed by atoms with E-state index in [1.165, 1.54) is 10.4 Å². The zero-order valence-electron chi connectivity index (χ0n) is 18.8. The van der Waals surface area contributed by atoms with Gasteiger partial charge in [0.15, 0.2) is 6.61 Å². The number of fused-ring (bicyclic) bond motifs is 1. The Hall–Kier alpha value is -3.21. The summed E-state index contributed by atoms with van der Waals surface area (Å²) >= 11 is 0. The molecule has 9 nitrogen and oxygen atoms in total. The third-order valence-corrected chi connectivity index (χ3v) is 7.47. The van der Waals surface area contributed by atoms with Gasteiger partial charge in [-0.1, -0.05) is 12.1 Å². The van der Waals surface area contributed by atoms with Gasteiger partial charge in [-0.2, -0.15) is 4.31 Å². The van der Waals surface area contributed by atoms with E-state index < -0.39 is 15.6 Å².